The number of halogens is 2. The molecule has 0 fully saturated rings. The molecule has 0 saturated heterocycles. The topological polar surface area (TPSA) is 47.6 Å². The van der Waals surface area contributed by atoms with Gasteiger partial charge in [0.1, 0.15) is 5.75 Å². The van der Waals surface area contributed by atoms with E-state index in [2.05, 4.69) is 10.1 Å². The van der Waals surface area contributed by atoms with E-state index in [1.54, 1.807) is 6.07 Å². The average Bonchev–Trinajstić information content (AvgIpc) is 2.58. The zero-order valence-electron chi connectivity index (χ0n) is 13.3. The lowest BCUT2D eigenvalue weighted by atomic mass is 10.1. The Morgan fingerprint density at radius 3 is 2.42 bits per heavy atom. The van der Waals surface area contributed by atoms with Crippen LogP contribution in [0, 0.1) is 0 Å². The van der Waals surface area contributed by atoms with E-state index in [-0.39, 0.29) is 17.9 Å². The van der Waals surface area contributed by atoms with Crippen LogP contribution in [0.3, 0.4) is 0 Å². The van der Waals surface area contributed by atoms with Crippen molar-refractivity contribution >= 4 is 5.91 Å². The molecule has 0 aromatic heterocycles. The van der Waals surface area contributed by atoms with Crippen LogP contribution in [-0.2, 0) is 17.9 Å². The first-order valence-corrected chi connectivity index (χ1v) is 7.57. The normalized spacial score (nSPS) is 10.7. The highest BCUT2D eigenvalue weighted by molar-refractivity contribution is 5.96. The van der Waals surface area contributed by atoms with Crippen molar-refractivity contribution in [2.75, 3.05) is 6.61 Å². The Labute approximate surface area is 139 Å². The Bertz CT molecular complexity index is 660. The number of para-hydroxylation sites is 1. The number of benzene rings is 2. The van der Waals surface area contributed by atoms with Gasteiger partial charge in [0.25, 0.3) is 5.91 Å². The predicted molar refractivity (Wildman–Crippen MR) is 86.0 cm³/mol. The lowest BCUT2D eigenvalue weighted by Crippen LogP contribution is -2.23. The quantitative estimate of drug-likeness (QED) is 0.799. The number of alkyl halides is 2. The maximum absolute atomic E-state index is 12.4. The maximum Gasteiger partial charge on any atom is 0.387 e. The van der Waals surface area contributed by atoms with E-state index in [1.165, 1.54) is 18.2 Å². The van der Waals surface area contributed by atoms with Gasteiger partial charge in [0.05, 0.1) is 12.2 Å². The molecule has 0 unspecified atom stereocenters. The largest absolute Gasteiger partial charge is 0.434 e. The first-order valence-electron chi connectivity index (χ1n) is 7.57. The molecule has 0 saturated carbocycles. The van der Waals surface area contributed by atoms with Crippen molar-refractivity contribution in [2.45, 2.75) is 26.7 Å². The van der Waals surface area contributed by atoms with Gasteiger partial charge in [0.2, 0.25) is 0 Å². The molecular weight excluding hydrogens is 316 g/mol. The van der Waals surface area contributed by atoms with Crippen LogP contribution in [0.5, 0.6) is 5.75 Å². The Kier molecular flexibility index (Phi) is 6.69. The summed E-state index contributed by atoms with van der Waals surface area (Å²) in [5.41, 5.74) is 2.02. The molecule has 4 nitrogen and oxygen atoms in total. The Morgan fingerprint density at radius 2 is 1.75 bits per heavy atom. The van der Waals surface area contributed by atoms with Gasteiger partial charge >= 0.3 is 6.61 Å². The first-order chi connectivity index (χ1) is 11.6. The van der Waals surface area contributed by atoms with Crippen LogP contribution in [-0.4, -0.2) is 19.1 Å². The maximum atomic E-state index is 12.4. The highest BCUT2D eigenvalue weighted by Crippen LogP contribution is 2.20. The molecule has 0 spiro atoms. The van der Waals surface area contributed by atoms with E-state index in [0.717, 1.165) is 11.1 Å². The van der Waals surface area contributed by atoms with E-state index in [4.69, 9.17) is 4.74 Å². The number of carbonyl (C=O) groups is 1. The van der Waals surface area contributed by atoms with Crippen LogP contribution in [0.2, 0.25) is 0 Å². The first kappa shape index (κ1) is 17.9. The average molecular weight is 335 g/mol. The molecule has 0 aliphatic heterocycles. The van der Waals surface area contributed by atoms with Gasteiger partial charge in [-0.05, 0) is 30.2 Å². The summed E-state index contributed by atoms with van der Waals surface area (Å²) in [6, 6.07) is 13.5. The van der Waals surface area contributed by atoms with Gasteiger partial charge in [-0.1, -0.05) is 36.4 Å². The predicted octanol–water partition coefficient (Wildman–Crippen LogP) is 3.75. The number of ether oxygens (including phenoxy) is 2. The minimum atomic E-state index is -2.98. The lowest BCUT2D eigenvalue weighted by molar-refractivity contribution is -0.0501. The SMILES string of the molecule is CCOCc1ccc(CNC(=O)c2ccccc2OC(F)F)cc1. The molecule has 0 heterocycles. The van der Waals surface area contributed by atoms with Crippen molar-refractivity contribution in [3.8, 4) is 5.75 Å². The van der Waals surface area contributed by atoms with E-state index in [0.29, 0.717) is 13.2 Å². The van der Waals surface area contributed by atoms with Gasteiger partial charge in [0.15, 0.2) is 0 Å². The molecule has 0 aliphatic rings. The molecule has 0 aliphatic carbocycles. The summed E-state index contributed by atoms with van der Waals surface area (Å²) in [7, 11) is 0. The van der Waals surface area contributed by atoms with E-state index >= 15 is 0 Å². The highest BCUT2D eigenvalue weighted by atomic mass is 19.3. The zero-order chi connectivity index (χ0) is 17.4. The molecule has 2 aromatic rings. The molecule has 0 atom stereocenters. The van der Waals surface area contributed by atoms with Crippen molar-refractivity contribution < 1.29 is 23.0 Å². The summed E-state index contributed by atoms with van der Waals surface area (Å²) in [4.78, 5) is 12.2. The van der Waals surface area contributed by atoms with Crippen LogP contribution in [0.25, 0.3) is 0 Å². The number of carbonyl (C=O) groups excluding carboxylic acids is 1. The molecule has 24 heavy (non-hydrogen) atoms. The fourth-order valence-corrected chi connectivity index (χ4v) is 2.10. The van der Waals surface area contributed by atoms with Gasteiger partial charge in [-0.25, -0.2) is 0 Å². The molecule has 1 N–H and O–H groups in total. The molecule has 0 bridgehead atoms. The van der Waals surface area contributed by atoms with Crippen LogP contribution in [0.4, 0.5) is 8.78 Å². The summed E-state index contributed by atoms with van der Waals surface area (Å²) in [6.45, 7) is 0.437. The zero-order valence-corrected chi connectivity index (χ0v) is 13.3. The summed E-state index contributed by atoms with van der Waals surface area (Å²) in [5, 5.41) is 2.70. The third-order valence-corrected chi connectivity index (χ3v) is 3.30. The number of hydrogen-bond donors (Lipinski definition) is 1. The van der Waals surface area contributed by atoms with Crippen molar-refractivity contribution in [1.29, 1.82) is 0 Å². The van der Waals surface area contributed by atoms with Crippen LogP contribution in [0.15, 0.2) is 48.5 Å². The second kappa shape index (κ2) is 8.98. The molecule has 2 aromatic carbocycles. The molecular formula is C18H19F2NO3. The number of rotatable bonds is 8. The third kappa shape index (κ3) is 5.31. The smallest absolute Gasteiger partial charge is 0.387 e. The fourth-order valence-electron chi connectivity index (χ4n) is 2.10. The second-order valence-electron chi connectivity index (χ2n) is 5.01. The number of amides is 1. The molecule has 2 rings (SSSR count). The minimum absolute atomic E-state index is 0.0748. The van der Waals surface area contributed by atoms with Crippen molar-refractivity contribution in [1.82, 2.24) is 5.32 Å². The van der Waals surface area contributed by atoms with E-state index in [9.17, 15) is 13.6 Å². The van der Waals surface area contributed by atoms with Crippen molar-refractivity contribution in [2.24, 2.45) is 0 Å². The Morgan fingerprint density at radius 1 is 1.08 bits per heavy atom. The van der Waals surface area contributed by atoms with Gasteiger partial charge in [-0.2, -0.15) is 8.78 Å². The minimum Gasteiger partial charge on any atom is -0.434 e. The summed E-state index contributed by atoms with van der Waals surface area (Å²) in [6.07, 6.45) is 0. The lowest BCUT2D eigenvalue weighted by Gasteiger charge is -2.11. The standard InChI is InChI=1S/C18H19F2NO3/c1-2-23-12-14-9-7-13(8-10-14)11-21-17(22)15-5-3-4-6-16(15)24-18(19)20/h3-10,18H,2,11-12H2,1H3,(H,21,22). The van der Waals surface area contributed by atoms with Gasteiger partial charge in [-0.15, -0.1) is 0 Å². The number of hydrogen-bond acceptors (Lipinski definition) is 3. The molecule has 0 radical (unpaired) electrons. The monoisotopic (exact) mass is 335 g/mol. The second-order valence-corrected chi connectivity index (χ2v) is 5.01. The summed E-state index contributed by atoms with van der Waals surface area (Å²) < 4.78 is 34.4. The van der Waals surface area contributed by atoms with E-state index in [1.807, 2.05) is 31.2 Å². The van der Waals surface area contributed by atoms with E-state index < -0.39 is 12.5 Å². The molecule has 6 heteroatoms. The van der Waals surface area contributed by atoms with Crippen LogP contribution < -0.4 is 10.1 Å². The van der Waals surface area contributed by atoms with Crippen molar-refractivity contribution in [3.63, 3.8) is 0 Å². The fraction of sp³-hybridized carbons (Fsp3) is 0.278. The summed E-state index contributed by atoms with van der Waals surface area (Å²) >= 11 is 0. The Balaban J connectivity index is 1.96. The van der Waals surface area contributed by atoms with Gasteiger partial charge in [0, 0.05) is 13.2 Å². The Hall–Kier alpha value is -2.47. The number of nitrogens with one attached hydrogen (secondary N) is 1. The van der Waals surface area contributed by atoms with Crippen molar-refractivity contribution in [3.05, 3.63) is 65.2 Å². The van der Waals surface area contributed by atoms with Crippen LogP contribution >= 0.6 is 0 Å². The van der Waals surface area contributed by atoms with Crippen LogP contribution in [0.1, 0.15) is 28.4 Å². The highest BCUT2D eigenvalue weighted by Gasteiger charge is 2.14. The van der Waals surface area contributed by atoms with Gasteiger partial charge < -0.3 is 14.8 Å². The summed E-state index contributed by atoms with van der Waals surface area (Å²) in [5.74, 6) is -0.610. The third-order valence-electron chi connectivity index (χ3n) is 3.30. The van der Waals surface area contributed by atoms with Gasteiger partial charge in [-0.3, -0.25) is 4.79 Å². The molecule has 1 amide bonds. The molecule has 128 valence electrons.